The van der Waals surface area contributed by atoms with E-state index in [0.29, 0.717) is 11.6 Å². The number of anilines is 1. The van der Waals surface area contributed by atoms with Crippen molar-refractivity contribution in [3.05, 3.63) is 31.0 Å². The van der Waals surface area contributed by atoms with Crippen molar-refractivity contribution in [3.63, 3.8) is 0 Å². The zero-order valence-electron chi connectivity index (χ0n) is 7.03. The number of nitrogens with two attached hydrogens (primary N) is 1. The number of nitrogen functional groups attached to an aromatic ring is 1. The third-order valence-electron chi connectivity index (χ3n) is 1.44. The molecule has 3 heteroatoms. The molecule has 0 unspecified atom stereocenters. The smallest absolute Gasteiger partial charge is 0.166 e. The highest BCUT2D eigenvalue weighted by molar-refractivity contribution is 5.44. The maximum absolute atomic E-state index is 5.55. The molecule has 0 radical (unpaired) electrons. The monoisotopic (exact) mass is 164 g/mol. The standard InChI is InChI=1S/C9H12N2O/c1-3-7(2)12-8-5-4-6-11-9(8)10/h3-7H,1H2,2H3,(H2,10,11)/t7-/m0/s1. The summed E-state index contributed by atoms with van der Waals surface area (Å²) in [6, 6.07) is 3.56. The second-order valence-corrected chi connectivity index (χ2v) is 2.45. The van der Waals surface area contributed by atoms with Gasteiger partial charge in [0.1, 0.15) is 6.10 Å². The molecule has 0 fully saturated rings. The third kappa shape index (κ3) is 1.99. The first-order valence-corrected chi connectivity index (χ1v) is 3.73. The van der Waals surface area contributed by atoms with E-state index in [9.17, 15) is 0 Å². The summed E-state index contributed by atoms with van der Waals surface area (Å²) >= 11 is 0. The lowest BCUT2D eigenvalue weighted by atomic mass is 10.4. The van der Waals surface area contributed by atoms with Crippen LogP contribution in [-0.2, 0) is 0 Å². The fourth-order valence-corrected chi connectivity index (χ4v) is 0.751. The van der Waals surface area contributed by atoms with Gasteiger partial charge in [0.2, 0.25) is 0 Å². The molecule has 1 heterocycles. The molecule has 1 aromatic heterocycles. The average Bonchev–Trinajstić information content (AvgIpc) is 2.09. The van der Waals surface area contributed by atoms with Crippen LogP contribution in [-0.4, -0.2) is 11.1 Å². The quantitative estimate of drug-likeness (QED) is 0.690. The van der Waals surface area contributed by atoms with E-state index in [-0.39, 0.29) is 6.10 Å². The molecule has 64 valence electrons. The number of hydrogen-bond acceptors (Lipinski definition) is 3. The summed E-state index contributed by atoms with van der Waals surface area (Å²) in [5.74, 6) is 1.01. The van der Waals surface area contributed by atoms with Crippen LogP contribution in [0.4, 0.5) is 5.82 Å². The van der Waals surface area contributed by atoms with Gasteiger partial charge in [-0.15, -0.1) is 0 Å². The minimum atomic E-state index is -0.0449. The number of nitrogens with zero attached hydrogens (tertiary/aromatic N) is 1. The van der Waals surface area contributed by atoms with E-state index in [0.717, 1.165) is 0 Å². The van der Waals surface area contributed by atoms with Gasteiger partial charge in [-0.25, -0.2) is 4.98 Å². The SMILES string of the molecule is C=C[C@H](C)Oc1cccnc1N. The molecule has 0 amide bonds. The van der Waals surface area contributed by atoms with E-state index >= 15 is 0 Å². The van der Waals surface area contributed by atoms with Crippen LogP contribution in [0.1, 0.15) is 6.92 Å². The van der Waals surface area contributed by atoms with E-state index in [4.69, 9.17) is 10.5 Å². The Morgan fingerprint density at radius 1 is 1.75 bits per heavy atom. The van der Waals surface area contributed by atoms with Crippen molar-refractivity contribution >= 4 is 5.82 Å². The van der Waals surface area contributed by atoms with Gasteiger partial charge >= 0.3 is 0 Å². The molecule has 12 heavy (non-hydrogen) atoms. The highest BCUT2D eigenvalue weighted by Crippen LogP contribution is 2.18. The van der Waals surface area contributed by atoms with Crippen molar-refractivity contribution in [3.8, 4) is 5.75 Å². The predicted octanol–water partition coefficient (Wildman–Crippen LogP) is 1.62. The van der Waals surface area contributed by atoms with E-state index in [2.05, 4.69) is 11.6 Å². The van der Waals surface area contributed by atoms with E-state index in [1.807, 2.05) is 6.92 Å². The highest BCUT2D eigenvalue weighted by atomic mass is 16.5. The van der Waals surface area contributed by atoms with Crippen molar-refractivity contribution < 1.29 is 4.74 Å². The molecule has 0 aliphatic heterocycles. The third-order valence-corrected chi connectivity index (χ3v) is 1.44. The van der Waals surface area contributed by atoms with Crippen molar-refractivity contribution in [2.45, 2.75) is 13.0 Å². The van der Waals surface area contributed by atoms with Gasteiger partial charge in [0.05, 0.1) is 0 Å². The lowest BCUT2D eigenvalue weighted by Gasteiger charge is -2.10. The molecule has 2 N–H and O–H groups in total. The summed E-state index contributed by atoms with van der Waals surface area (Å²) in [5, 5.41) is 0. The van der Waals surface area contributed by atoms with Crippen molar-refractivity contribution in [2.75, 3.05) is 5.73 Å². The maximum Gasteiger partial charge on any atom is 0.166 e. The lowest BCUT2D eigenvalue weighted by molar-refractivity contribution is 0.271. The Morgan fingerprint density at radius 2 is 2.50 bits per heavy atom. The first kappa shape index (κ1) is 8.59. The van der Waals surface area contributed by atoms with Crippen LogP contribution in [0.3, 0.4) is 0 Å². The maximum atomic E-state index is 5.55. The fraction of sp³-hybridized carbons (Fsp3) is 0.222. The van der Waals surface area contributed by atoms with Crippen LogP contribution in [0, 0.1) is 0 Å². The molecule has 0 aromatic carbocycles. The molecule has 0 bridgehead atoms. The summed E-state index contributed by atoms with van der Waals surface area (Å²) in [5.41, 5.74) is 5.55. The van der Waals surface area contributed by atoms with Gasteiger partial charge < -0.3 is 10.5 Å². The molecule has 0 spiro atoms. The van der Waals surface area contributed by atoms with Crippen LogP contribution in [0.5, 0.6) is 5.75 Å². The second kappa shape index (κ2) is 3.76. The van der Waals surface area contributed by atoms with Crippen LogP contribution < -0.4 is 10.5 Å². The number of ether oxygens (including phenoxy) is 1. The van der Waals surface area contributed by atoms with E-state index in [1.54, 1.807) is 24.4 Å². The van der Waals surface area contributed by atoms with Gasteiger partial charge in [0, 0.05) is 6.20 Å². The zero-order chi connectivity index (χ0) is 8.97. The fourth-order valence-electron chi connectivity index (χ4n) is 0.751. The summed E-state index contributed by atoms with van der Waals surface area (Å²) in [4.78, 5) is 3.88. The van der Waals surface area contributed by atoms with Gasteiger partial charge in [0.15, 0.2) is 11.6 Å². The Kier molecular flexibility index (Phi) is 2.69. The first-order chi connectivity index (χ1) is 5.74. The molecular weight excluding hydrogens is 152 g/mol. The summed E-state index contributed by atoms with van der Waals surface area (Å²) in [6.07, 6.45) is 3.28. The Labute approximate surface area is 71.9 Å². The molecule has 1 atom stereocenters. The Morgan fingerprint density at radius 3 is 3.08 bits per heavy atom. The van der Waals surface area contributed by atoms with Crippen LogP contribution in [0.25, 0.3) is 0 Å². The first-order valence-electron chi connectivity index (χ1n) is 3.73. The highest BCUT2D eigenvalue weighted by Gasteiger charge is 2.02. The van der Waals surface area contributed by atoms with Gasteiger partial charge in [-0.2, -0.15) is 0 Å². The zero-order valence-corrected chi connectivity index (χ0v) is 7.03. The summed E-state index contributed by atoms with van der Waals surface area (Å²) in [6.45, 7) is 5.49. The van der Waals surface area contributed by atoms with Gasteiger partial charge in [0.25, 0.3) is 0 Å². The lowest BCUT2D eigenvalue weighted by Crippen LogP contribution is -2.09. The van der Waals surface area contributed by atoms with Crippen LogP contribution in [0.2, 0.25) is 0 Å². The molecule has 3 nitrogen and oxygen atoms in total. The average molecular weight is 164 g/mol. The van der Waals surface area contributed by atoms with Gasteiger partial charge in [-0.05, 0) is 19.1 Å². The van der Waals surface area contributed by atoms with Crippen molar-refractivity contribution in [2.24, 2.45) is 0 Å². The molecular formula is C9H12N2O. The minimum Gasteiger partial charge on any atom is -0.483 e. The second-order valence-electron chi connectivity index (χ2n) is 2.45. The Balaban J connectivity index is 2.75. The largest absolute Gasteiger partial charge is 0.483 e. The molecule has 0 saturated heterocycles. The van der Waals surface area contributed by atoms with E-state index < -0.39 is 0 Å². The van der Waals surface area contributed by atoms with E-state index in [1.165, 1.54) is 0 Å². The van der Waals surface area contributed by atoms with Crippen LogP contribution in [0.15, 0.2) is 31.0 Å². The normalized spacial score (nSPS) is 12.1. The number of aromatic nitrogens is 1. The number of rotatable bonds is 3. The summed E-state index contributed by atoms with van der Waals surface area (Å²) < 4.78 is 5.39. The Hall–Kier alpha value is -1.51. The number of pyridine rings is 1. The molecule has 0 aliphatic rings. The molecule has 1 aromatic rings. The predicted molar refractivity (Wildman–Crippen MR) is 48.9 cm³/mol. The number of hydrogen-bond donors (Lipinski definition) is 1. The topological polar surface area (TPSA) is 48.1 Å². The molecule has 1 rings (SSSR count). The van der Waals surface area contributed by atoms with Gasteiger partial charge in [-0.3, -0.25) is 0 Å². The van der Waals surface area contributed by atoms with Crippen molar-refractivity contribution in [1.29, 1.82) is 0 Å². The summed E-state index contributed by atoms with van der Waals surface area (Å²) in [7, 11) is 0. The Bertz CT molecular complexity index is 273. The minimum absolute atomic E-state index is 0.0449. The van der Waals surface area contributed by atoms with Crippen LogP contribution >= 0.6 is 0 Å². The van der Waals surface area contributed by atoms with Crippen molar-refractivity contribution in [1.82, 2.24) is 4.98 Å². The van der Waals surface area contributed by atoms with Gasteiger partial charge in [-0.1, -0.05) is 12.7 Å². The molecule has 0 aliphatic carbocycles. The molecule has 0 saturated carbocycles.